The summed E-state index contributed by atoms with van der Waals surface area (Å²) in [6, 6.07) is 14.3. The number of hydrogen-bond acceptors (Lipinski definition) is 4. The maximum absolute atomic E-state index is 10.8. The third-order valence-corrected chi connectivity index (χ3v) is 3.56. The summed E-state index contributed by atoms with van der Waals surface area (Å²) in [5.74, 6) is -0.0928. The van der Waals surface area contributed by atoms with Gasteiger partial charge in [0.2, 0.25) is 0 Å². The number of hydrogen-bond donors (Lipinski definition) is 1. The zero-order valence-corrected chi connectivity index (χ0v) is 12.7. The van der Waals surface area contributed by atoms with E-state index in [-0.39, 0.29) is 5.56 Å². The van der Waals surface area contributed by atoms with Gasteiger partial charge in [0.05, 0.1) is 22.3 Å². The van der Waals surface area contributed by atoms with E-state index in [0.29, 0.717) is 12.2 Å². The van der Waals surface area contributed by atoms with Crippen LogP contribution in [0.2, 0.25) is 0 Å². The van der Waals surface area contributed by atoms with Gasteiger partial charge in [-0.25, -0.2) is 9.78 Å². The monoisotopic (exact) mass is 308 g/mol. The lowest BCUT2D eigenvalue weighted by atomic mass is 10.2. The maximum Gasteiger partial charge on any atom is 0.335 e. The smallest absolute Gasteiger partial charge is 0.335 e. The van der Waals surface area contributed by atoms with Crippen LogP contribution in [-0.4, -0.2) is 20.6 Å². The van der Waals surface area contributed by atoms with Gasteiger partial charge < -0.3 is 9.67 Å². The number of para-hydroxylation sites is 2. The zero-order valence-electron chi connectivity index (χ0n) is 12.7. The van der Waals surface area contributed by atoms with E-state index in [2.05, 4.69) is 26.7 Å². The van der Waals surface area contributed by atoms with Crippen LogP contribution in [-0.2, 0) is 13.1 Å². The van der Waals surface area contributed by atoms with E-state index in [1.54, 1.807) is 12.1 Å². The Labute approximate surface area is 133 Å². The van der Waals surface area contributed by atoms with Crippen molar-refractivity contribution in [1.29, 1.82) is 0 Å². The Bertz CT molecular complexity index is 866. The standard InChI is InChI=1S/C17H16N4O2/c1-2-21-15-6-4-3-5-14(15)19-16(21)11-18-20-13-9-7-12(8-10-13)17(22)23/h3-10H,2,11H2,1H3,(H,22,23). The summed E-state index contributed by atoms with van der Waals surface area (Å²) in [7, 11) is 0. The third kappa shape index (κ3) is 3.11. The highest BCUT2D eigenvalue weighted by atomic mass is 16.4. The van der Waals surface area contributed by atoms with Gasteiger partial charge in [0, 0.05) is 6.54 Å². The van der Waals surface area contributed by atoms with Gasteiger partial charge in [-0.1, -0.05) is 12.1 Å². The highest BCUT2D eigenvalue weighted by molar-refractivity contribution is 5.87. The summed E-state index contributed by atoms with van der Waals surface area (Å²) in [6.45, 7) is 3.27. The largest absolute Gasteiger partial charge is 0.478 e. The Balaban J connectivity index is 1.78. The summed E-state index contributed by atoms with van der Waals surface area (Å²) >= 11 is 0. The number of rotatable bonds is 5. The number of carbonyl (C=O) groups is 1. The molecule has 1 aromatic heterocycles. The van der Waals surface area contributed by atoms with Gasteiger partial charge >= 0.3 is 5.97 Å². The first-order chi connectivity index (χ1) is 11.2. The summed E-state index contributed by atoms with van der Waals surface area (Å²) in [6.07, 6.45) is 0. The van der Waals surface area contributed by atoms with Crippen molar-refractivity contribution in [3.05, 3.63) is 59.9 Å². The van der Waals surface area contributed by atoms with E-state index in [0.717, 1.165) is 23.4 Å². The number of aryl methyl sites for hydroxylation is 1. The van der Waals surface area contributed by atoms with Gasteiger partial charge in [-0.2, -0.15) is 10.2 Å². The van der Waals surface area contributed by atoms with E-state index in [9.17, 15) is 4.79 Å². The second-order valence-corrected chi connectivity index (χ2v) is 5.01. The van der Waals surface area contributed by atoms with Gasteiger partial charge in [-0.3, -0.25) is 0 Å². The third-order valence-electron chi connectivity index (χ3n) is 3.56. The molecule has 6 heteroatoms. The first-order valence-corrected chi connectivity index (χ1v) is 7.34. The number of benzene rings is 2. The van der Waals surface area contributed by atoms with Gasteiger partial charge in [-0.05, 0) is 43.3 Å². The van der Waals surface area contributed by atoms with Gasteiger partial charge in [0.15, 0.2) is 0 Å². The van der Waals surface area contributed by atoms with Crippen molar-refractivity contribution in [2.45, 2.75) is 20.0 Å². The number of nitrogens with zero attached hydrogens (tertiary/aromatic N) is 4. The molecule has 0 aliphatic rings. The zero-order chi connectivity index (χ0) is 16.2. The molecular weight excluding hydrogens is 292 g/mol. The lowest BCUT2D eigenvalue weighted by Crippen LogP contribution is -2.00. The molecule has 0 amide bonds. The number of aromatic carboxylic acids is 1. The second-order valence-electron chi connectivity index (χ2n) is 5.01. The molecule has 3 rings (SSSR count). The van der Waals surface area contributed by atoms with Crippen LogP contribution in [0.1, 0.15) is 23.1 Å². The van der Waals surface area contributed by atoms with Crippen molar-refractivity contribution in [1.82, 2.24) is 9.55 Å². The van der Waals surface area contributed by atoms with Crippen LogP contribution >= 0.6 is 0 Å². The number of fused-ring (bicyclic) bond motifs is 1. The van der Waals surface area contributed by atoms with Gasteiger partial charge in [0.25, 0.3) is 0 Å². The minimum atomic E-state index is -0.954. The lowest BCUT2D eigenvalue weighted by Gasteiger charge is -2.02. The molecule has 0 bridgehead atoms. The Kier molecular flexibility index (Phi) is 4.14. The Hall–Kier alpha value is -3.02. The molecule has 2 aromatic carbocycles. The molecule has 0 saturated heterocycles. The molecule has 0 atom stereocenters. The minimum Gasteiger partial charge on any atom is -0.478 e. The van der Waals surface area contributed by atoms with Crippen LogP contribution in [0, 0.1) is 0 Å². The molecule has 0 aliphatic carbocycles. The fraction of sp³-hybridized carbons (Fsp3) is 0.176. The molecule has 3 aromatic rings. The van der Waals surface area contributed by atoms with E-state index >= 15 is 0 Å². The number of azo groups is 1. The fourth-order valence-electron chi connectivity index (χ4n) is 2.45. The van der Waals surface area contributed by atoms with Gasteiger partial charge in [0.1, 0.15) is 12.4 Å². The van der Waals surface area contributed by atoms with Crippen molar-refractivity contribution in [3.8, 4) is 0 Å². The van der Waals surface area contributed by atoms with E-state index in [1.165, 1.54) is 12.1 Å². The summed E-state index contributed by atoms with van der Waals surface area (Å²) in [5, 5.41) is 17.2. The minimum absolute atomic E-state index is 0.233. The number of imidazole rings is 1. The van der Waals surface area contributed by atoms with Gasteiger partial charge in [-0.15, -0.1) is 0 Å². The SMILES string of the molecule is CCn1c(CN=Nc2ccc(C(=O)O)cc2)nc2ccccc21. The number of aromatic nitrogens is 2. The molecule has 0 aliphatic heterocycles. The molecule has 1 heterocycles. The average molecular weight is 308 g/mol. The molecule has 23 heavy (non-hydrogen) atoms. The maximum atomic E-state index is 10.8. The Morgan fingerprint density at radius 2 is 1.91 bits per heavy atom. The summed E-state index contributed by atoms with van der Waals surface area (Å²) < 4.78 is 2.11. The predicted octanol–water partition coefficient (Wildman–Crippen LogP) is 4.04. The van der Waals surface area contributed by atoms with E-state index < -0.39 is 5.97 Å². The van der Waals surface area contributed by atoms with Crippen LogP contribution in [0.4, 0.5) is 5.69 Å². The highest BCUT2D eigenvalue weighted by Gasteiger charge is 2.08. The van der Waals surface area contributed by atoms with Crippen LogP contribution in [0.3, 0.4) is 0 Å². The molecule has 0 radical (unpaired) electrons. The molecule has 0 unspecified atom stereocenters. The Morgan fingerprint density at radius 3 is 2.61 bits per heavy atom. The molecule has 6 nitrogen and oxygen atoms in total. The average Bonchev–Trinajstić information content (AvgIpc) is 2.92. The van der Waals surface area contributed by atoms with E-state index in [1.807, 2.05) is 24.3 Å². The lowest BCUT2D eigenvalue weighted by molar-refractivity contribution is 0.0697. The first kappa shape index (κ1) is 14.9. The number of carboxylic acids is 1. The molecule has 0 saturated carbocycles. The van der Waals surface area contributed by atoms with Crippen molar-refractivity contribution in [3.63, 3.8) is 0 Å². The van der Waals surface area contributed by atoms with Crippen LogP contribution < -0.4 is 0 Å². The molecule has 0 fully saturated rings. The Morgan fingerprint density at radius 1 is 1.17 bits per heavy atom. The quantitative estimate of drug-likeness (QED) is 0.722. The highest BCUT2D eigenvalue weighted by Crippen LogP contribution is 2.18. The van der Waals surface area contributed by atoms with Crippen molar-refractivity contribution < 1.29 is 9.90 Å². The van der Waals surface area contributed by atoms with Crippen LogP contribution in [0.25, 0.3) is 11.0 Å². The van der Waals surface area contributed by atoms with Crippen LogP contribution in [0.5, 0.6) is 0 Å². The van der Waals surface area contributed by atoms with Crippen molar-refractivity contribution in [2.24, 2.45) is 10.2 Å². The normalized spacial score (nSPS) is 11.3. The topological polar surface area (TPSA) is 79.8 Å². The second kappa shape index (κ2) is 6.39. The first-order valence-electron chi connectivity index (χ1n) is 7.34. The molecule has 116 valence electrons. The summed E-state index contributed by atoms with van der Waals surface area (Å²) in [5.41, 5.74) is 2.89. The number of carboxylic acid groups (broad SMARTS) is 1. The predicted molar refractivity (Wildman–Crippen MR) is 87.0 cm³/mol. The van der Waals surface area contributed by atoms with E-state index in [4.69, 9.17) is 5.11 Å². The molecule has 0 spiro atoms. The summed E-state index contributed by atoms with van der Waals surface area (Å²) in [4.78, 5) is 15.4. The van der Waals surface area contributed by atoms with Crippen molar-refractivity contribution in [2.75, 3.05) is 0 Å². The molecular formula is C17H16N4O2. The molecule has 1 N–H and O–H groups in total. The fourth-order valence-corrected chi connectivity index (χ4v) is 2.45. The van der Waals surface area contributed by atoms with Crippen LogP contribution in [0.15, 0.2) is 58.8 Å². The van der Waals surface area contributed by atoms with Crippen molar-refractivity contribution >= 4 is 22.7 Å².